The van der Waals surface area contributed by atoms with Gasteiger partial charge in [-0.3, -0.25) is 4.79 Å². The van der Waals surface area contributed by atoms with Crippen LogP contribution in [0.15, 0.2) is 29.2 Å². The van der Waals surface area contributed by atoms with E-state index in [0.717, 1.165) is 30.2 Å². The maximum Gasteiger partial charge on any atom is 0.251 e. The lowest BCUT2D eigenvalue weighted by molar-refractivity contribution is 0.0117. The number of nitrogens with one attached hydrogen (secondary N) is 1. The summed E-state index contributed by atoms with van der Waals surface area (Å²) < 4.78 is 31.0. The Morgan fingerprint density at radius 1 is 1.35 bits per heavy atom. The molecule has 1 saturated heterocycles. The van der Waals surface area contributed by atoms with Gasteiger partial charge in [0.2, 0.25) is 10.0 Å². The zero-order valence-electron chi connectivity index (χ0n) is 13.6. The molecular formula is C16H24N2O4S. The third-order valence-electron chi connectivity index (χ3n) is 3.90. The fourth-order valence-corrected chi connectivity index (χ4v) is 3.44. The third kappa shape index (κ3) is 4.76. The number of rotatable bonds is 6. The van der Waals surface area contributed by atoms with Crippen molar-refractivity contribution in [2.75, 3.05) is 27.2 Å². The highest BCUT2D eigenvalue weighted by molar-refractivity contribution is 7.89. The Balaban J connectivity index is 1.94. The van der Waals surface area contributed by atoms with Gasteiger partial charge >= 0.3 is 0 Å². The summed E-state index contributed by atoms with van der Waals surface area (Å²) in [5, 5.41) is 2.83. The minimum absolute atomic E-state index is 0.116. The van der Waals surface area contributed by atoms with Gasteiger partial charge in [0.15, 0.2) is 0 Å². The summed E-state index contributed by atoms with van der Waals surface area (Å²) in [6.45, 7) is 1.32. The van der Waals surface area contributed by atoms with Crippen molar-refractivity contribution >= 4 is 15.9 Å². The molecule has 1 amide bonds. The number of carbonyl (C=O) groups is 1. The maximum atomic E-state index is 12.2. The number of ether oxygens (including phenoxy) is 1. The van der Waals surface area contributed by atoms with Gasteiger partial charge in [-0.25, -0.2) is 12.7 Å². The van der Waals surface area contributed by atoms with Crippen LogP contribution in [0.1, 0.15) is 36.0 Å². The zero-order valence-corrected chi connectivity index (χ0v) is 14.4. The highest BCUT2D eigenvalue weighted by atomic mass is 32.2. The number of amides is 1. The van der Waals surface area contributed by atoms with Crippen molar-refractivity contribution in [2.24, 2.45) is 0 Å². The van der Waals surface area contributed by atoms with E-state index in [2.05, 4.69) is 5.32 Å². The fourth-order valence-electron chi connectivity index (χ4n) is 2.49. The first-order valence-corrected chi connectivity index (χ1v) is 9.27. The molecule has 1 aromatic carbocycles. The van der Waals surface area contributed by atoms with Crippen LogP contribution in [0.3, 0.4) is 0 Å². The smallest absolute Gasteiger partial charge is 0.251 e. The van der Waals surface area contributed by atoms with Gasteiger partial charge in [0.05, 0.1) is 11.0 Å². The molecule has 1 heterocycles. The lowest BCUT2D eigenvalue weighted by Gasteiger charge is -2.22. The van der Waals surface area contributed by atoms with Gasteiger partial charge in [0, 0.05) is 32.8 Å². The summed E-state index contributed by atoms with van der Waals surface area (Å²) in [6, 6.07) is 6.08. The van der Waals surface area contributed by atoms with E-state index in [-0.39, 0.29) is 16.9 Å². The minimum Gasteiger partial charge on any atom is -0.378 e. The fraction of sp³-hybridized carbons (Fsp3) is 0.562. The van der Waals surface area contributed by atoms with Crippen LogP contribution in [0.25, 0.3) is 0 Å². The summed E-state index contributed by atoms with van der Waals surface area (Å²) in [4.78, 5) is 12.3. The molecule has 7 heteroatoms. The van der Waals surface area contributed by atoms with Crippen molar-refractivity contribution in [3.05, 3.63) is 29.8 Å². The molecule has 1 atom stereocenters. The maximum absolute atomic E-state index is 12.2. The van der Waals surface area contributed by atoms with Gasteiger partial charge in [-0.1, -0.05) is 6.07 Å². The molecule has 0 aliphatic carbocycles. The van der Waals surface area contributed by atoms with E-state index >= 15 is 0 Å². The van der Waals surface area contributed by atoms with Crippen LogP contribution < -0.4 is 5.32 Å². The first-order valence-electron chi connectivity index (χ1n) is 7.83. The van der Waals surface area contributed by atoms with Crippen molar-refractivity contribution in [2.45, 2.75) is 36.7 Å². The largest absolute Gasteiger partial charge is 0.378 e. The van der Waals surface area contributed by atoms with Gasteiger partial charge < -0.3 is 10.1 Å². The van der Waals surface area contributed by atoms with Gasteiger partial charge in [0.1, 0.15) is 0 Å². The number of sulfonamides is 1. The lowest BCUT2D eigenvalue weighted by atomic mass is 10.1. The Hall–Kier alpha value is -1.44. The molecule has 0 unspecified atom stereocenters. The normalized spacial score (nSPS) is 18.8. The molecule has 128 valence electrons. The van der Waals surface area contributed by atoms with Crippen LogP contribution in [-0.2, 0) is 14.8 Å². The number of benzene rings is 1. The predicted molar refractivity (Wildman–Crippen MR) is 87.9 cm³/mol. The lowest BCUT2D eigenvalue weighted by Crippen LogP contribution is -2.29. The molecule has 0 saturated carbocycles. The Labute approximate surface area is 137 Å². The summed E-state index contributed by atoms with van der Waals surface area (Å²) in [7, 11) is -0.608. The Morgan fingerprint density at radius 2 is 2.13 bits per heavy atom. The molecule has 0 bridgehead atoms. The first kappa shape index (κ1) is 17.9. The highest BCUT2D eigenvalue weighted by Gasteiger charge is 2.19. The van der Waals surface area contributed by atoms with Gasteiger partial charge in [-0.05, 0) is 43.9 Å². The average Bonchev–Trinajstić information content (AvgIpc) is 2.55. The molecular weight excluding hydrogens is 316 g/mol. The van der Waals surface area contributed by atoms with E-state index in [1.54, 1.807) is 12.1 Å². The predicted octanol–water partition coefficient (Wildman–Crippen LogP) is 1.63. The minimum atomic E-state index is -3.54. The van der Waals surface area contributed by atoms with E-state index in [1.807, 2.05) is 0 Å². The van der Waals surface area contributed by atoms with E-state index in [4.69, 9.17) is 4.74 Å². The second-order valence-corrected chi connectivity index (χ2v) is 8.00. The number of hydrogen-bond donors (Lipinski definition) is 1. The average molecular weight is 340 g/mol. The second kappa shape index (κ2) is 7.90. The van der Waals surface area contributed by atoms with Crippen molar-refractivity contribution in [3.8, 4) is 0 Å². The van der Waals surface area contributed by atoms with Gasteiger partial charge in [0.25, 0.3) is 5.91 Å². The third-order valence-corrected chi connectivity index (χ3v) is 5.71. The summed E-state index contributed by atoms with van der Waals surface area (Å²) >= 11 is 0. The second-order valence-electron chi connectivity index (χ2n) is 5.85. The SMILES string of the molecule is CN(C)S(=O)(=O)c1cccc(C(=O)NCC[C@H]2CCCCO2)c1. The van der Waals surface area contributed by atoms with Gasteiger partial charge in [-0.15, -0.1) is 0 Å². The van der Waals surface area contributed by atoms with Crippen LogP contribution in [0.5, 0.6) is 0 Å². The Kier molecular flexibility index (Phi) is 6.15. The highest BCUT2D eigenvalue weighted by Crippen LogP contribution is 2.16. The van der Waals surface area contributed by atoms with Crippen LogP contribution in [0.4, 0.5) is 0 Å². The molecule has 0 aromatic heterocycles. The monoisotopic (exact) mass is 340 g/mol. The Bertz CT molecular complexity index is 637. The number of carbonyl (C=O) groups excluding carboxylic acids is 1. The van der Waals surface area contributed by atoms with E-state index in [1.165, 1.54) is 32.6 Å². The molecule has 6 nitrogen and oxygen atoms in total. The van der Waals surface area contributed by atoms with E-state index in [0.29, 0.717) is 12.1 Å². The van der Waals surface area contributed by atoms with Crippen LogP contribution in [-0.4, -0.2) is 52.0 Å². The molecule has 1 aliphatic rings. The molecule has 1 aromatic rings. The summed E-state index contributed by atoms with van der Waals surface area (Å²) in [5.41, 5.74) is 0.345. The number of hydrogen-bond acceptors (Lipinski definition) is 4. The first-order chi connectivity index (χ1) is 10.9. The van der Waals surface area contributed by atoms with E-state index in [9.17, 15) is 13.2 Å². The van der Waals surface area contributed by atoms with Gasteiger partial charge in [-0.2, -0.15) is 0 Å². The summed E-state index contributed by atoms with van der Waals surface area (Å²) in [6.07, 6.45) is 4.30. The molecule has 0 spiro atoms. The molecule has 1 fully saturated rings. The molecule has 23 heavy (non-hydrogen) atoms. The van der Waals surface area contributed by atoms with Crippen molar-refractivity contribution in [1.82, 2.24) is 9.62 Å². The summed E-state index contributed by atoms with van der Waals surface area (Å²) in [5.74, 6) is -0.267. The topological polar surface area (TPSA) is 75.7 Å². The van der Waals surface area contributed by atoms with Crippen molar-refractivity contribution in [1.29, 1.82) is 0 Å². The molecule has 0 radical (unpaired) electrons. The van der Waals surface area contributed by atoms with E-state index < -0.39 is 10.0 Å². The van der Waals surface area contributed by atoms with Crippen molar-refractivity contribution in [3.63, 3.8) is 0 Å². The van der Waals surface area contributed by atoms with Crippen LogP contribution in [0.2, 0.25) is 0 Å². The number of nitrogens with zero attached hydrogens (tertiary/aromatic N) is 1. The Morgan fingerprint density at radius 3 is 2.78 bits per heavy atom. The molecule has 1 aliphatic heterocycles. The van der Waals surface area contributed by atoms with Crippen molar-refractivity contribution < 1.29 is 17.9 Å². The zero-order chi connectivity index (χ0) is 16.9. The van der Waals surface area contributed by atoms with Crippen LogP contribution >= 0.6 is 0 Å². The molecule has 2 rings (SSSR count). The standard InChI is InChI=1S/C16H24N2O4S/c1-18(2)23(20,21)15-8-5-6-13(12-15)16(19)17-10-9-14-7-3-4-11-22-14/h5-6,8,12,14H,3-4,7,9-11H2,1-2H3,(H,17,19)/t14-/m1/s1. The quantitative estimate of drug-likeness (QED) is 0.854. The van der Waals surface area contributed by atoms with Crippen LogP contribution in [0, 0.1) is 0 Å². The molecule has 1 N–H and O–H groups in total.